The fourth-order valence-electron chi connectivity index (χ4n) is 2.00. The Balaban J connectivity index is 2.05. The van der Waals surface area contributed by atoms with Crippen molar-refractivity contribution < 1.29 is 0 Å². The average Bonchev–Trinajstić information content (AvgIpc) is 2.51. The van der Waals surface area contributed by atoms with E-state index in [0.717, 1.165) is 34.3 Å². The molecule has 1 aromatic heterocycles. The van der Waals surface area contributed by atoms with E-state index >= 15 is 0 Å². The molecule has 1 aliphatic heterocycles. The maximum Gasteiger partial charge on any atom is 0.0686 e. The molecule has 0 bridgehead atoms. The number of nitrogens with zero attached hydrogens (tertiary/aromatic N) is 2. The fourth-order valence-corrected chi connectivity index (χ4v) is 3.11. The van der Waals surface area contributed by atoms with Crippen LogP contribution in [-0.2, 0) is 6.54 Å². The van der Waals surface area contributed by atoms with E-state index in [1.807, 2.05) is 12.3 Å². The average molecular weight is 349 g/mol. The first-order valence-corrected chi connectivity index (χ1v) is 6.92. The van der Waals surface area contributed by atoms with E-state index in [0.29, 0.717) is 12.0 Å². The van der Waals surface area contributed by atoms with Crippen LogP contribution in [0.25, 0.3) is 0 Å². The Kier molecular flexibility index (Phi) is 4.00. The predicted octanol–water partition coefficient (Wildman–Crippen LogP) is 2.39. The summed E-state index contributed by atoms with van der Waals surface area (Å²) < 4.78 is 2.05. The molecule has 0 aliphatic carbocycles. The lowest BCUT2D eigenvalue weighted by Crippen LogP contribution is -2.28. The monoisotopic (exact) mass is 347 g/mol. The molecule has 2 unspecified atom stereocenters. The van der Waals surface area contributed by atoms with Gasteiger partial charge in [-0.1, -0.05) is 6.92 Å². The minimum atomic E-state index is 0.300. The second-order valence-electron chi connectivity index (χ2n) is 4.42. The highest BCUT2D eigenvalue weighted by Gasteiger charge is 2.26. The SMILES string of the molecule is CC1CN(Cc2ncc(Br)cc2Br)CC1N. The van der Waals surface area contributed by atoms with Crippen molar-refractivity contribution in [3.8, 4) is 0 Å². The van der Waals surface area contributed by atoms with E-state index in [9.17, 15) is 0 Å². The molecule has 88 valence electrons. The fraction of sp³-hybridized carbons (Fsp3) is 0.545. The number of pyridine rings is 1. The Bertz CT molecular complexity index is 373. The molecule has 1 saturated heterocycles. The van der Waals surface area contributed by atoms with Gasteiger partial charge in [-0.2, -0.15) is 0 Å². The van der Waals surface area contributed by atoms with E-state index in [-0.39, 0.29) is 0 Å². The number of likely N-dealkylation sites (tertiary alicyclic amines) is 1. The van der Waals surface area contributed by atoms with Crippen molar-refractivity contribution in [1.82, 2.24) is 9.88 Å². The molecule has 5 heteroatoms. The van der Waals surface area contributed by atoms with Gasteiger partial charge in [0.2, 0.25) is 0 Å². The molecule has 2 atom stereocenters. The predicted molar refractivity (Wildman–Crippen MR) is 72.1 cm³/mol. The summed E-state index contributed by atoms with van der Waals surface area (Å²) >= 11 is 6.94. The van der Waals surface area contributed by atoms with Gasteiger partial charge in [0.25, 0.3) is 0 Å². The lowest BCUT2D eigenvalue weighted by atomic mass is 10.1. The maximum atomic E-state index is 6.00. The second kappa shape index (κ2) is 5.12. The highest BCUT2D eigenvalue weighted by Crippen LogP contribution is 2.23. The second-order valence-corrected chi connectivity index (χ2v) is 6.19. The van der Waals surface area contributed by atoms with Crippen LogP contribution in [0.2, 0.25) is 0 Å². The summed E-state index contributed by atoms with van der Waals surface area (Å²) in [6, 6.07) is 2.33. The number of nitrogens with two attached hydrogens (primary N) is 1. The lowest BCUT2D eigenvalue weighted by molar-refractivity contribution is 0.314. The van der Waals surface area contributed by atoms with Crippen LogP contribution in [0.1, 0.15) is 12.6 Å². The van der Waals surface area contributed by atoms with Crippen molar-refractivity contribution in [3.63, 3.8) is 0 Å². The minimum Gasteiger partial charge on any atom is -0.326 e. The van der Waals surface area contributed by atoms with Crippen LogP contribution in [0, 0.1) is 5.92 Å². The topological polar surface area (TPSA) is 42.2 Å². The molecule has 16 heavy (non-hydrogen) atoms. The zero-order chi connectivity index (χ0) is 11.7. The minimum absolute atomic E-state index is 0.300. The molecule has 0 aromatic carbocycles. The zero-order valence-electron chi connectivity index (χ0n) is 9.16. The number of halogens is 2. The van der Waals surface area contributed by atoms with Gasteiger partial charge in [0.15, 0.2) is 0 Å². The van der Waals surface area contributed by atoms with Crippen LogP contribution in [-0.4, -0.2) is 29.0 Å². The molecule has 2 heterocycles. The summed E-state index contributed by atoms with van der Waals surface area (Å²) in [5, 5.41) is 0. The van der Waals surface area contributed by atoms with E-state index in [2.05, 4.69) is 48.7 Å². The Hall–Kier alpha value is 0.0300. The van der Waals surface area contributed by atoms with E-state index in [1.165, 1.54) is 0 Å². The first-order chi connectivity index (χ1) is 7.56. The van der Waals surface area contributed by atoms with Crippen molar-refractivity contribution in [1.29, 1.82) is 0 Å². The Morgan fingerprint density at radius 1 is 1.50 bits per heavy atom. The van der Waals surface area contributed by atoms with Crippen LogP contribution in [0.5, 0.6) is 0 Å². The molecule has 0 spiro atoms. The third-order valence-electron chi connectivity index (χ3n) is 3.00. The largest absolute Gasteiger partial charge is 0.326 e. The van der Waals surface area contributed by atoms with E-state index in [4.69, 9.17) is 5.73 Å². The lowest BCUT2D eigenvalue weighted by Gasteiger charge is -2.15. The van der Waals surface area contributed by atoms with Crippen molar-refractivity contribution >= 4 is 31.9 Å². The summed E-state index contributed by atoms with van der Waals surface area (Å²) in [6.07, 6.45) is 1.83. The number of aromatic nitrogens is 1. The molecule has 3 nitrogen and oxygen atoms in total. The number of hydrogen-bond donors (Lipinski definition) is 1. The van der Waals surface area contributed by atoms with Gasteiger partial charge in [-0.3, -0.25) is 9.88 Å². The molecular weight excluding hydrogens is 334 g/mol. The van der Waals surface area contributed by atoms with E-state index < -0.39 is 0 Å². The van der Waals surface area contributed by atoms with Gasteiger partial charge in [-0.05, 0) is 43.8 Å². The molecule has 2 N–H and O–H groups in total. The van der Waals surface area contributed by atoms with Crippen molar-refractivity contribution in [3.05, 3.63) is 26.9 Å². The molecule has 0 radical (unpaired) electrons. The molecular formula is C11H15Br2N3. The van der Waals surface area contributed by atoms with Crippen LogP contribution in [0.3, 0.4) is 0 Å². The first kappa shape index (κ1) is 12.5. The number of rotatable bonds is 2. The van der Waals surface area contributed by atoms with Gasteiger partial charge < -0.3 is 5.73 Å². The standard InChI is InChI=1S/C11H15Br2N3/c1-7-4-16(5-10(7)14)6-11-9(13)2-8(12)3-15-11/h2-3,7,10H,4-6,14H2,1H3. The molecule has 1 aromatic rings. The summed E-state index contributed by atoms with van der Waals surface area (Å²) in [7, 11) is 0. The molecule has 0 amide bonds. The van der Waals surface area contributed by atoms with Crippen LogP contribution < -0.4 is 5.73 Å². The smallest absolute Gasteiger partial charge is 0.0686 e. The third-order valence-corrected chi connectivity index (χ3v) is 4.12. The maximum absolute atomic E-state index is 6.00. The summed E-state index contributed by atoms with van der Waals surface area (Å²) in [5.41, 5.74) is 7.08. The van der Waals surface area contributed by atoms with Crippen LogP contribution in [0.4, 0.5) is 0 Å². The highest BCUT2D eigenvalue weighted by atomic mass is 79.9. The molecule has 1 fully saturated rings. The summed E-state index contributed by atoms with van der Waals surface area (Å²) in [4.78, 5) is 6.77. The quantitative estimate of drug-likeness (QED) is 0.892. The number of hydrogen-bond acceptors (Lipinski definition) is 3. The normalized spacial score (nSPS) is 26.2. The van der Waals surface area contributed by atoms with Crippen molar-refractivity contribution in [2.45, 2.75) is 19.5 Å². The summed E-state index contributed by atoms with van der Waals surface area (Å²) in [6.45, 7) is 5.09. The molecule has 2 rings (SSSR count). The van der Waals surface area contributed by atoms with Gasteiger partial charge in [-0.25, -0.2) is 0 Å². The van der Waals surface area contributed by atoms with Crippen LogP contribution >= 0.6 is 31.9 Å². The highest BCUT2D eigenvalue weighted by molar-refractivity contribution is 9.11. The van der Waals surface area contributed by atoms with Crippen LogP contribution in [0.15, 0.2) is 21.2 Å². The van der Waals surface area contributed by atoms with Crippen molar-refractivity contribution in [2.24, 2.45) is 11.7 Å². The Labute approximate surface area is 113 Å². The first-order valence-electron chi connectivity index (χ1n) is 5.34. The van der Waals surface area contributed by atoms with Gasteiger partial charge >= 0.3 is 0 Å². The van der Waals surface area contributed by atoms with Gasteiger partial charge in [0, 0.05) is 40.8 Å². The Morgan fingerprint density at radius 2 is 2.25 bits per heavy atom. The van der Waals surface area contributed by atoms with E-state index in [1.54, 1.807) is 0 Å². The van der Waals surface area contributed by atoms with Gasteiger partial charge in [0.1, 0.15) is 0 Å². The van der Waals surface area contributed by atoms with Gasteiger partial charge in [0.05, 0.1) is 5.69 Å². The van der Waals surface area contributed by atoms with Gasteiger partial charge in [-0.15, -0.1) is 0 Å². The summed E-state index contributed by atoms with van der Waals surface area (Å²) in [5.74, 6) is 0.578. The molecule has 1 aliphatic rings. The third kappa shape index (κ3) is 2.83. The Morgan fingerprint density at radius 3 is 2.81 bits per heavy atom. The zero-order valence-corrected chi connectivity index (χ0v) is 12.3. The molecule has 0 saturated carbocycles. The van der Waals surface area contributed by atoms with Crippen molar-refractivity contribution in [2.75, 3.05) is 13.1 Å².